The maximum Gasteiger partial charge on any atom is 0.101 e. The molecule has 0 spiro atoms. The molecule has 3 aromatic rings. The average Bonchev–Trinajstić information content (AvgIpc) is 3.25. The van der Waals surface area contributed by atoms with Gasteiger partial charge in [-0.05, 0) is 38.1 Å². The molecular formula is C26H31N7O. The molecule has 8 heteroatoms. The van der Waals surface area contributed by atoms with E-state index in [-0.39, 0.29) is 12.2 Å². The Labute approximate surface area is 200 Å². The highest BCUT2D eigenvalue weighted by molar-refractivity contribution is 5.95. The second-order valence-corrected chi connectivity index (χ2v) is 9.91. The summed E-state index contributed by atoms with van der Waals surface area (Å²) < 4.78 is 8.62. The molecule has 6 rings (SSSR count). The molecule has 0 amide bonds. The Kier molecular flexibility index (Phi) is 5.48. The molecule has 2 aromatic heterocycles. The summed E-state index contributed by atoms with van der Waals surface area (Å²) in [5.74, 6) is 0. The molecule has 3 atom stereocenters. The highest BCUT2D eigenvalue weighted by Gasteiger charge is 2.36. The van der Waals surface area contributed by atoms with Crippen molar-refractivity contribution >= 4 is 16.6 Å². The predicted molar refractivity (Wildman–Crippen MR) is 131 cm³/mol. The summed E-state index contributed by atoms with van der Waals surface area (Å²) in [4.78, 5) is 9.37. The number of morpholine rings is 1. The van der Waals surface area contributed by atoms with Gasteiger partial charge in [0.15, 0.2) is 0 Å². The molecule has 5 heterocycles. The second-order valence-electron chi connectivity index (χ2n) is 9.91. The van der Waals surface area contributed by atoms with Gasteiger partial charge in [0, 0.05) is 80.3 Å². The van der Waals surface area contributed by atoms with Crippen LogP contribution in [0.25, 0.3) is 10.9 Å². The molecule has 0 unspecified atom stereocenters. The maximum atomic E-state index is 9.48. The molecule has 0 aliphatic carbocycles. The Morgan fingerprint density at radius 3 is 2.91 bits per heavy atom. The molecule has 0 bridgehead atoms. The van der Waals surface area contributed by atoms with Crippen molar-refractivity contribution in [2.24, 2.45) is 0 Å². The van der Waals surface area contributed by atoms with E-state index in [1.807, 2.05) is 12.1 Å². The molecule has 0 radical (unpaired) electrons. The number of nitriles is 1. The number of anilines is 1. The van der Waals surface area contributed by atoms with E-state index in [0.29, 0.717) is 17.6 Å². The SMILES string of the molecule is C[C@@H]1CN(c2ccc(C#N)c3ncccc23)C[C@H](CN2CC(n3ncc4c3CCN[C@H]4C)C2)O1. The van der Waals surface area contributed by atoms with Gasteiger partial charge in [-0.2, -0.15) is 10.4 Å². The van der Waals surface area contributed by atoms with Gasteiger partial charge in [0.2, 0.25) is 0 Å². The van der Waals surface area contributed by atoms with E-state index in [1.165, 1.54) is 11.3 Å². The van der Waals surface area contributed by atoms with Gasteiger partial charge in [-0.15, -0.1) is 0 Å². The third-order valence-electron chi connectivity index (χ3n) is 7.49. The zero-order valence-electron chi connectivity index (χ0n) is 19.8. The summed E-state index contributed by atoms with van der Waals surface area (Å²) in [7, 11) is 0. The molecule has 3 aliphatic rings. The van der Waals surface area contributed by atoms with E-state index >= 15 is 0 Å². The highest BCUT2D eigenvalue weighted by atomic mass is 16.5. The van der Waals surface area contributed by atoms with Crippen LogP contribution in [0.1, 0.15) is 42.8 Å². The second kappa shape index (κ2) is 8.66. The van der Waals surface area contributed by atoms with Crippen molar-refractivity contribution in [3.63, 3.8) is 0 Å². The van der Waals surface area contributed by atoms with Crippen LogP contribution in [0.5, 0.6) is 0 Å². The fraction of sp³-hybridized carbons (Fsp3) is 0.500. The summed E-state index contributed by atoms with van der Waals surface area (Å²) in [5.41, 5.74) is 5.29. The number of fused-ring (bicyclic) bond motifs is 2. The minimum absolute atomic E-state index is 0.142. The average molecular weight is 458 g/mol. The number of nitrogens with one attached hydrogen (secondary N) is 1. The Bertz CT molecular complexity index is 1240. The molecule has 2 fully saturated rings. The number of aromatic nitrogens is 3. The fourth-order valence-electron chi connectivity index (χ4n) is 5.85. The molecular weight excluding hydrogens is 426 g/mol. The van der Waals surface area contributed by atoms with Crippen LogP contribution in [0.3, 0.4) is 0 Å². The summed E-state index contributed by atoms with van der Waals surface area (Å²) >= 11 is 0. The number of likely N-dealkylation sites (tertiary alicyclic amines) is 1. The lowest BCUT2D eigenvalue weighted by Crippen LogP contribution is -2.56. The standard InChI is InChI=1S/C26H31N7O/c1-17-12-32(24-6-5-19(10-27)26-22(24)4-3-8-29-26)16-21(34-17)15-31-13-20(14-31)33-25-7-9-28-18(2)23(25)11-30-33/h3-6,8,11,17-18,20-21,28H,7,9,12-16H2,1-2H3/t17-,18+,21+/m1/s1. The monoisotopic (exact) mass is 457 g/mol. The summed E-state index contributed by atoms with van der Waals surface area (Å²) in [5, 5.41) is 18.8. The van der Waals surface area contributed by atoms with Gasteiger partial charge in [-0.3, -0.25) is 14.6 Å². The van der Waals surface area contributed by atoms with Crippen molar-refractivity contribution in [2.75, 3.05) is 44.2 Å². The van der Waals surface area contributed by atoms with Crippen LogP contribution in [0.15, 0.2) is 36.7 Å². The summed E-state index contributed by atoms with van der Waals surface area (Å²) in [6.45, 7) is 10.0. The van der Waals surface area contributed by atoms with Gasteiger partial charge in [0.25, 0.3) is 0 Å². The molecule has 1 aromatic carbocycles. The van der Waals surface area contributed by atoms with Crippen LogP contribution < -0.4 is 10.2 Å². The zero-order valence-corrected chi connectivity index (χ0v) is 19.8. The van der Waals surface area contributed by atoms with Gasteiger partial charge < -0.3 is 15.0 Å². The first kappa shape index (κ1) is 21.5. The van der Waals surface area contributed by atoms with E-state index in [1.54, 1.807) is 6.20 Å². The minimum atomic E-state index is 0.142. The van der Waals surface area contributed by atoms with Crippen LogP contribution in [-0.4, -0.2) is 71.1 Å². The molecule has 176 valence electrons. The van der Waals surface area contributed by atoms with E-state index < -0.39 is 0 Å². The Hall–Kier alpha value is -2.99. The normalized spacial score (nSPS) is 25.7. The van der Waals surface area contributed by atoms with E-state index in [0.717, 1.165) is 62.3 Å². The van der Waals surface area contributed by atoms with Crippen LogP contribution in [0, 0.1) is 11.3 Å². The van der Waals surface area contributed by atoms with Gasteiger partial charge >= 0.3 is 0 Å². The molecule has 2 saturated heterocycles. The molecule has 1 N–H and O–H groups in total. The summed E-state index contributed by atoms with van der Waals surface area (Å²) in [6, 6.07) is 11.1. The predicted octanol–water partition coefficient (Wildman–Crippen LogP) is 2.66. The quantitative estimate of drug-likeness (QED) is 0.645. The smallest absolute Gasteiger partial charge is 0.101 e. The Morgan fingerprint density at radius 2 is 2.06 bits per heavy atom. The first-order chi connectivity index (χ1) is 16.6. The molecule has 8 nitrogen and oxygen atoms in total. The molecule has 34 heavy (non-hydrogen) atoms. The molecule has 0 saturated carbocycles. The number of pyridine rings is 1. The highest BCUT2D eigenvalue weighted by Crippen LogP contribution is 2.32. The van der Waals surface area contributed by atoms with Crippen molar-refractivity contribution in [3.8, 4) is 6.07 Å². The van der Waals surface area contributed by atoms with Gasteiger partial charge in [0.1, 0.15) is 6.07 Å². The van der Waals surface area contributed by atoms with Gasteiger partial charge in [0.05, 0.1) is 35.5 Å². The first-order valence-electron chi connectivity index (χ1n) is 12.3. The fourth-order valence-corrected chi connectivity index (χ4v) is 5.85. The van der Waals surface area contributed by atoms with E-state index in [4.69, 9.17) is 9.84 Å². The number of nitrogens with zero attached hydrogens (tertiary/aromatic N) is 6. The molecule has 3 aliphatic heterocycles. The number of rotatable bonds is 4. The third-order valence-corrected chi connectivity index (χ3v) is 7.49. The van der Waals surface area contributed by atoms with Crippen LogP contribution in [0.4, 0.5) is 5.69 Å². The number of hydrogen-bond donors (Lipinski definition) is 1. The lowest BCUT2D eigenvalue weighted by Gasteiger charge is -2.45. The lowest BCUT2D eigenvalue weighted by atomic mass is 10.0. The minimum Gasteiger partial charge on any atom is -0.370 e. The van der Waals surface area contributed by atoms with Crippen molar-refractivity contribution in [1.82, 2.24) is 25.0 Å². The van der Waals surface area contributed by atoms with E-state index in [9.17, 15) is 5.26 Å². The Balaban J connectivity index is 1.14. The van der Waals surface area contributed by atoms with Crippen molar-refractivity contribution in [3.05, 3.63) is 53.5 Å². The van der Waals surface area contributed by atoms with Crippen molar-refractivity contribution in [1.29, 1.82) is 5.26 Å². The summed E-state index contributed by atoms with van der Waals surface area (Å²) in [6.07, 6.45) is 5.15. The Morgan fingerprint density at radius 1 is 1.18 bits per heavy atom. The van der Waals surface area contributed by atoms with Crippen LogP contribution >= 0.6 is 0 Å². The zero-order chi connectivity index (χ0) is 23.2. The topological polar surface area (TPSA) is 82.2 Å². The lowest BCUT2D eigenvalue weighted by molar-refractivity contribution is -0.0491. The van der Waals surface area contributed by atoms with Crippen molar-refractivity contribution < 1.29 is 4.74 Å². The number of hydrogen-bond acceptors (Lipinski definition) is 7. The van der Waals surface area contributed by atoms with Gasteiger partial charge in [-0.1, -0.05) is 0 Å². The first-order valence-corrected chi connectivity index (χ1v) is 12.3. The van der Waals surface area contributed by atoms with Crippen molar-refractivity contribution in [2.45, 2.75) is 44.6 Å². The maximum absolute atomic E-state index is 9.48. The largest absolute Gasteiger partial charge is 0.370 e. The number of ether oxygens (including phenoxy) is 1. The van der Waals surface area contributed by atoms with Crippen LogP contribution in [0.2, 0.25) is 0 Å². The van der Waals surface area contributed by atoms with E-state index in [2.05, 4.69) is 63.0 Å². The van der Waals surface area contributed by atoms with Crippen LogP contribution in [-0.2, 0) is 11.2 Å². The third kappa shape index (κ3) is 3.74. The number of benzene rings is 1. The van der Waals surface area contributed by atoms with Gasteiger partial charge in [-0.25, -0.2) is 0 Å².